The fraction of sp³-hybridized carbons (Fsp3) is 0.438. The van der Waals surface area contributed by atoms with Crippen molar-refractivity contribution < 1.29 is 0 Å². The number of rotatable bonds is 9. The van der Waals surface area contributed by atoms with Gasteiger partial charge in [0.1, 0.15) is 11.3 Å². The first-order chi connectivity index (χ1) is 17.5. The van der Waals surface area contributed by atoms with Gasteiger partial charge in [-0.15, -0.1) is 0 Å². The summed E-state index contributed by atoms with van der Waals surface area (Å²) in [7, 11) is 0. The van der Waals surface area contributed by atoms with Crippen LogP contribution in [0, 0.1) is 11.8 Å². The quantitative estimate of drug-likeness (QED) is 0.251. The van der Waals surface area contributed by atoms with Crippen molar-refractivity contribution >= 4 is 16.9 Å². The van der Waals surface area contributed by atoms with Crippen molar-refractivity contribution in [3.8, 4) is 0 Å². The van der Waals surface area contributed by atoms with E-state index in [1.165, 1.54) is 46.6 Å². The van der Waals surface area contributed by atoms with Crippen molar-refractivity contribution in [2.45, 2.75) is 79.4 Å². The van der Waals surface area contributed by atoms with E-state index in [0.29, 0.717) is 11.8 Å². The number of hydrogen-bond acceptors (Lipinski definition) is 3. The molecule has 0 N–H and O–H groups in total. The molecule has 36 heavy (non-hydrogen) atoms. The molecule has 0 spiro atoms. The molecule has 2 aromatic heterocycles. The monoisotopic (exact) mass is 480 g/mol. The van der Waals surface area contributed by atoms with Crippen LogP contribution >= 0.6 is 0 Å². The first-order valence-electron chi connectivity index (χ1n) is 13.7. The van der Waals surface area contributed by atoms with Gasteiger partial charge in [-0.3, -0.25) is 0 Å². The molecule has 1 aliphatic rings. The number of hydrogen-bond donors (Lipinski definition) is 0. The van der Waals surface area contributed by atoms with Crippen LogP contribution in [0.5, 0.6) is 0 Å². The number of benzene rings is 2. The van der Waals surface area contributed by atoms with Gasteiger partial charge in [0.2, 0.25) is 0 Å². The van der Waals surface area contributed by atoms with Gasteiger partial charge in [0.15, 0.2) is 5.82 Å². The number of fused-ring (bicyclic) bond motifs is 3. The first-order valence-corrected chi connectivity index (χ1v) is 13.7. The van der Waals surface area contributed by atoms with Gasteiger partial charge in [-0.2, -0.15) is 0 Å². The molecule has 2 heterocycles. The second kappa shape index (κ2) is 10.9. The Morgan fingerprint density at radius 3 is 1.97 bits per heavy atom. The predicted molar refractivity (Wildman–Crippen MR) is 150 cm³/mol. The smallest absolute Gasteiger partial charge is 0.157 e. The van der Waals surface area contributed by atoms with E-state index in [1.54, 1.807) is 0 Å². The minimum absolute atomic E-state index is 0.560. The summed E-state index contributed by atoms with van der Waals surface area (Å²) in [5.74, 6) is 3.39. The number of aryl methyl sites for hydroxylation is 2. The molecule has 2 aromatic carbocycles. The highest BCUT2D eigenvalue weighted by atomic mass is 15.2. The Morgan fingerprint density at radius 1 is 0.778 bits per heavy atom. The SMILES string of the molecule is CC(C)Cc1nc2c(N(Cc3ccccc3)Cc3ccccc3)nc3c(c2n1CC(C)C)CCCC3. The minimum atomic E-state index is 0.560. The topological polar surface area (TPSA) is 34.0 Å². The fourth-order valence-corrected chi connectivity index (χ4v) is 5.53. The third kappa shape index (κ3) is 5.33. The van der Waals surface area contributed by atoms with E-state index in [0.717, 1.165) is 50.2 Å². The molecule has 4 heteroatoms. The van der Waals surface area contributed by atoms with Crippen molar-refractivity contribution in [2.75, 3.05) is 4.90 Å². The van der Waals surface area contributed by atoms with Gasteiger partial charge >= 0.3 is 0 Å². The number of anilines is 1. The van der Waals surface area contributed by atoms with E-state index in [1.807, 2.05) is 0 Å². The maximum absolute atomic E-state index is 5.40. The summed E-state index contributed by atoms with van der Waals surface area (Å²) in [6.45, 7) is 11.9. The third-order valence-electron chi connectivity index (χ3n) is 7.09. The van der Waals surface area contributed by atoms with Crippen LogP contribution in [0.4, 0.5) is 5.82 Å². The van der Waals surface area contributed by atoms with Crippen molar-refractivity contribution in [3.63, 3.8) is 0 Å². The van der Waals surface area contributed by atoms with Gasteiger partial charge in [-0.1, -0.05) is 88.4 Å². The Hall–Kier alpha value is -3.14. The van der Waals surface area contributed by atoms with Crippen LogP contribution in [0.3, 0.4) is 0 Å². The largest absolute Gasteiger partial charge is 0.346 e. The van der Waals surface area contributed by atoms with E-state index in [2.05, 4.69) is 97.8 Å². The summed E-state index contributed by atoms with van der Waals surface area (Å²) in [6.07, 6.45) is 5.64. The second-order valence-electron chi connectivity index (χ2n) is 11.2. The number of imidazole rings is 1. The molecule has 188 valence electrons. The van der Waals surface area contributed by atoms with Crippen LogP contribution in [0.1, 0.15) is 68.7 Å². The van der Waals surface area contributed by atoms with Gasteiger partial charge in [-0.25, -0.2) is 9.97 Å². The van der Waals surface area contributed by atoms with Crippen LogP contribution in [0.25, 0.3) is 11.0 Å². The lowest BCUT2D eigenvalue weighted by Gasteiger charge is -2.27. The van der Waals surface area contributed by atoms with Gasteiger partial charge in [0.25, 0.3) is 0 Å². The van der Waals surface area contributed by atoms with Crippen LogP contribution in [-0.4, -0.2) is 14.5 Å². The van der Waals surface area contributed by atoms with Gasteiger partial charge in [-0.05, 0) is 54.2 Å². The fourth-order valence-electron chi connectivity index (χ4n) is 5.53. The van der Waals surface area contributed by atoms with E-state index < -0.39 is 0 Å². The number of aromatic nitrogens is 3. The highest BCUT2D eigenvalue weighted by Gasteiger charge is 2.26. The Balaban J connectivity index is 1.71. The normalized spacial score (nSPS) is 13.5. The molecule has 0 bridgehead atoms. The zero-order chi connectivity index (χ0) is 25.1. The van der Waals surface area contributed by atoms with Crippen molar-refractivity contribution in [1.82, 2.24) is 14.5 Å². The van der Waals surface area contributed by atoms with E-state index >= 15 is 0 Å². The standard InChI is InChI=1S/C32H40N4/c1-23(2)19-29-34-30-31(36(29)20-24(3)4)27-17-11-12-18-28(27)33-32(30)35(21-25-13-7-5-8-14-25)22-26-15-9-6-10-16-26/h5-10,13-16,23-24H,11-12,17-22H2,1-4H3. The Bertz CT molecular complexity index is 1250. The zero-order valence-corrected chi connectivity index (χ0v) is 22.4. The Labute approximate surface area is 216 Å². The van der Waals surface area contributed by atoms with Crippen LogP contribution < -0.4 is 4.90 Å². The third-order valence-corrected chi connectivity index (χ3v) is 7.09. The van der Waals surface area contributed by atoms with Gasteiger partial charge < -0.3 is 9.47 Å². The maximum Gasteiger partial charge on any atom is 0.157 e. The minimum Gasteiger partial charge on any atom is -0.346 e. The Morgan fingerprint density at radius 2 is 1.39 bits per heavy atom. The van der Waals surface area contributed by atoms with Gasteiger partial charge in [0, 0.05) is 31.7 Å². The van der Waals surface area contributed by atoms with E-state index in [9.17, 15) is 0 Å². The molecule has 0 fully saturated rings. The van der Waals surface area contributed by atoms with E-state index in [4.69, 9.17) is 9.97 Å². The first kappa shape index (κ1) is 24.5. The van der Waals surface area contributed by atoms with Gasteiger partial charge in [0.05, 0.1) is 5.52 Å². The lowest BCUT2D eigenvalue weighted by molar-refractivity contribution is 0.498. The van der Waals surface area contributed by atoms with Crippen LogP contribution in [-0.2, 0) is 38.9 Å². The summed E-state index contributed by atoms with van der Waals surface area (Å²) in [6, 6.07) is 21.6. The lowest BCUT2D eigenvalue weighted by Crippen LogP contribution is -2.25. The molecule has 0 saturated heterocycles. The molecule has 0 radical (unpaired) electrons. The molecule has 0 aliphatic heterocycles. The van der Waals surface area contributed by atoms with Crippen LogP contribution in [0.15, 0.2) is 60.7 Å². The summed E-state index contributed by atoms with van der Waals surface area (Å²) < 4.78 is 2.55. The molecule has 4 aromatic rings. The zero-order valence-electron chi connectivity index (χ0n) is 22.4. The van der Waals surface area contributed by atoms with Crippen molar-refractivity contribution in [1.29, 1.82) is 0 Å². The molecule has 0 saturated carbocycles. The molecule has 5 rings (SSSR count). The Kier molecular flexibility index (Phi) is 7.41. The highest BCUT2D eigenvalue weighted by molar-refractivity contribution is 5.90. The average molecular weight is 481 g/mol. The molecule has 0 atom stereocenters. The average Bonchev–Trinajstić information content (AvgIpc) is 3.21. The summed E-state index contributed by atoms with van der Waals surface area (Å²) in [4.78, 5) is 13.2. The molecule has 0 unspecified atom stereocenters. The van der Waals surface area contributed by atoms with Crippen LogP contribution in [0.2, 0.25) is 0 Å². The summed E-state index contributed by atoms with van der Waals surface area (Å²) >= 11 is 0. The molecular formula is C32H40N4. The summed E-state index contributed by atoms with van der Waals surface area (Å²) in [5, 5.41) is 0. The second-order valence-corrected chi connectivity index (χ2v) is 11.2. The highest BCUT2D eigenvalue weighted by Crippen LogP contribution is 2.36. The molecular weight excluding hydrogens is 440 g/mol. The van der Waals surface area contributed by atoms with Crippen molar-refractivity contribution in [2.24, 2.45) is 11.8 Å². The van der Waals surface area contributed by atoms with E-state index in [-0.39, 0.29) is 0 Å². The maximum atomic E-state index is 5.40. The molecule has 4 nitrogen and oxygen atoms in total. The summed E-state index contributed by atoms with van der Waals surface area (Å²) in [5.41, 5.74) is 7.78. The number of pyridine rings is 1. The molecule has 0 amide bonds. The lowest BCUT2D eigenvalue weighted by atomic mass is 9.94. The predicted octanol–water partition coefficient (Wildman–Crippen LogP) is 7.37. The molecule has 1 aliphatic carbocycles. The number of nitrogens with zero attached hydrogens (tertiary/aromatic N) is 4. The van der Waals surface area contributed by atoms with Crippen molar-refractivity contribution in [3.05, 3.63) is 88.9 Å².